The lowest BCUT2D eigenvalue weighted by atomic mass is 9.97. The standard InChI is InChI=1S/C20H23N5/c1-15-12-19(24-18-9-5-8-17(13-18)14-21)25-20(23-15)22-11-10-16-6-3-2-4-7-16/h5-6,8-9,12-13H,2-4,7,10-11H2,1H3,(H2,22,23,24,25). The highest BCUT2D eigenvalue weighted by atomic mass is 15.1. The Morgan fingerprint density at radius 1 is 1.20 bits per heavy atom. The van der Waals surface area contributed by atoms with E-state index in [1.807, 2.05) is 25.1 Å². The molecular formula is C20H23N5. The van der Waals surface area contributed by atoms with E-state index < -0.39 is 0 Å². The van der Waals surface area contributed by atoms with Crippen LogP contribution in [0.25, 0.3) is 0 Å². The van der Waals surface area contributed by atoms with Gasteiger partial charge in [0.2, 0.25) is 5.95 Å². The summed E-state index contributed by atoms with van der Waals surface area (Å²) in [7, 11) is 0. The van der Waals surface area contributed by atoms with Crippen molar-refractivity contribution in [3.63, 3.8) is 0 Å². The third kappa shape index (κ3) is 5.05. The zero-order chi connectivity index (χ0) is 17.5. The average molecular weight is 333 g/mol. The van der Waals surface area contributed by atoms with Crippen LogP contribution in [0.15, 0.2) is 42.0 Å². The third-order valence-electron chi connectivity index (χ3n) is 4.23. The van der Waals surface area contributed by atoms with Crippen LogP contribution in [0.5, 0.6) is 0 Å². The highest BCUT2D eigenvalue weighted by Gasteiger charge is 2.06. The molecule has 0 radical (unpaired) electrons. The average Bonchev–Trinajstić information content (AvgIpc) is 2.62. The molecule has 5 heteroatoms. The Kier molecular flexibility index (Phi) is 5.63. The molecule has 1 aliphatic carbocycles. The number of aromatic nitrogens is 2. The Balaban J connectivity index is 1.63. The van der Waals surface area contributed by atoms with Crippen LogP contribution in [0.3, 0.4) is 0 Å². The molecule has 0 bridgehead atoms. The minimum Gasteiger partial charge on any atom is -0.354 e. The molecule has 128 valence electrons. The molecule has 0 saturated heterocycles. The van der Waals surface area contributed by atoms with E-state index in [2.05, 4.69) is 32.7 Å². The summed E-state index contributed by atoms with van der Waals surface area (Å²) in [5.74, 6) is 1.36. The monoisotopic (exact) mass is 333 g/mol. The highest BCUT2D eigenvalue weighted by molar-refractivity contribution is 5.59. The van der Waals surface area contributed by atoms with Gasteiger partial charge >= 0.3 is 0 Å². The molecule has 2 aromatic rings. The SMILES string of the molecule is Cc1cc(Nc2cccc(C#N)c2)nc(NCCC2=CCCCC2)n1. The summed E-state index contributed by atoms with van der Waals surface area (Å²) in [5, 5.41) is 15.6. The van der Waals surface area contributed by atoms with Crippen LogP contribution >= 0.6 is 0 Å². The number of rotatable bonds is 6. The molecule has 5 nitrogen and oxygen atoms in total. The fraction of sp³-hybridized carbons (Fsp3) is 0.350. The lowest BCUT2D eigenvalue weighted by Crippen LogP contribution is -2.09. The molecule has 2 N–H and O–H groups in total. The summed E-state index contributed by atoms with van der Waals surface area (Å²) >= 11 is 0. The van der Waals surface area contributed by atoms with E-state index in [-0.39, 0.29) is 0 Å². The Morgan fingerprint density at radius 2 is 2.12 bits per heavy atom. The summed E-state index contributed by atoms with van der Waals surface area (Å²) in [6, 6.07) is 11.4. The van der Waals surface area contributed by atoms with Gasteiger partial charge in [-0.05, 0) is 57.2 Å². The Morgan fingerprint density at radius 3 is 2.92 bits per heavy atom. The van der Waals surface area contributed by atoms with Crippen molar-refractivity contribution in [1.29, 1.82) is 5.26 Å². The predicted molar refractivity (Wildman–Crippen MR) is 101 cm³/mol. The van der Waals surface area contributed by atoms with Gasteiger partial charge in [-0.15, -0.1) is 0 Å². The first kappa shape index (κ1) is 17.0. The molecule has 1 aromatic carbocycles. The fourth-order valence-corrected chi connectivity index (χ4v) is 2.99. The molecule has 1 heterocycles. The molecule has 1 aromatic heterocycles. The summed E-state index contributed by atoms with van der Waals surface area (Å²) in [6.07, 6.45) is 8.48. The maximum Gasteiger partial charge on any atom is 0.224 e. The first-order chi connectivity index (χ1) is 12.2. The number of benzene rings is 1. The first-order valence-corrected chi connectivity index (χ1v) is 8.77. The zero-order valence-electron chi connectivity index (χ0n) is 14.5. The number of aryl methyl sites for hydroxylation is 1. The van der Waals surface area contributed by atoms with Crippen LogP contribution in [0.2, 0.25) is 0 Å². The quantitative estimate of drug-likeness (QED) is 0.749. The minimum atomic E-state index is 0.620. The Bertz CT molecular complexity index is 804. The Labute approximate surface area is 148 Å². The second kappa shape index (κ2) is 8.29. The molecule has 0 spiro atoms. The van der Waals surface area contributed by atoms with Gasteiger partial charge < -0.3 is 10.6 Å². The van der Waals surface area contributed by atoms with E-state index in [9.17, 15) is 0 Å². The van der Waals surface area contributed by atoms with Gasteiger partial charge in [-0.3, -0.25) is 0 Å². The predicted octanol–water partition coefficient (Wildman–Crippen LogP) is 4.70. The van der Waals surface area contributed by atoms with Crippen molar-refractivity contribution < 1.29 is 0 Å². The van der Waals surface area contributed by atoms with Crippen molar-refractivity contribution in [1.82, 2.24) is 9.97 Å². The van der Waals surface area contributed by atoms with E-state index in [0.717, 1.165) is 30.2 Å². The summed E-state index contributed by atoms with van der Waals surface area (Å²) < 4.78 is 0. The first-order valence-electron chi connectivity index (χ1n) is 8.77. The van der Waals surface area contributed by atoms with Crippen LogP contribution in [-0.2, 0) is 0 Å². The van der Waals surface area contributed by atoms with Crippen LogP contribution in [0.4, 0.5) is 17.5 Å². The smallest absolute Gasteiger partial charge is 0.224 e. The lowest BCUT2D eigenvalue weighted by Gasteiger charge is -2.13. The number of nitriles is 1. The van der Waals surface area contributed by atoms with Gasteiger partial charge in [0.15, 0.2) is 0 Å². The van der Waals surface area contributed by atoms with Gasteiger partial charge in [0.1, 0.15) is 5.82 Å². The van der Waals surface area contributed by atoms with Crippen molar-refractivity contribution in [2.24, 2.45) is 0 Å². The number of nitrogens with zero attached hydrogens (tertiary/aromatic N) is 3. The summed E-state index contributed by atoms with van der Waals surface area (Å²) in [4.78, 5) is 8.99. The van der Waals surface area contributed by atoms with E-state index >= 15 is 0 Å². The molecule has 0 atom stereocenters. The van der Waals surface area contributed by atoms with Crippen LogP contribution in [-0.4, -0.2) is 16.5 Å². The third-order valence-corrected chi connectivity index (χ3v) is 4.23. The van der Waals surface area contributed by atoms with Crippen LogP contribution < -0.4 is 10.6 Å². The summed E-state index contributed by atoms with van der Waals surface area (Å²) in [6.45, 7) is 2.80. The fourth-order valence-electron chi connectivity index (χ4n) is 2.99. The second-order valence-electron chi connectivity index (χ2n) is 6.32. The Hall–Kier alpha value is -2.87. The molecule has 0 saturated carbocycles. The normalized spacial score (nSPS) is 13.7. The number of allylic oxidation sites excluding steroid dienone is 1. The molecule has 3 rings (SSSR count). The van der Waals surface area contributed by atoms with Gasteiger partial charge in [0.25, 0.3) is 0 Å². The van der Waals surface area contributed by atoms with Crippen molar-refractivity contribution in [2.45, 2.75) is 39.0 Å². The summed E-state index contributed by atoms with van der Waals surface area (Å²) in [5.41, 5.74) is 3.90. The van der Waals surface area contributed by atoms with Crippen molar-refractivity contribution in [3.8, 4) is 6.07 Å². The molecule has 0 aliphatic heterocycles. The molecular weight excluding hydrogens is 310 g/mol. The number of anilines is 3. The van der Waals surface area contributed by atoms with Crippen LogP contribution in [0.1, 0.15) is 43.4 Å². The maximum absolute atomic E-state index is 9.00. The number of nitrogens with one attached hydrogen (secondary N) is 2. The van der Waals surface area contributed by atoms with Gasteiger partial charge in [-0.1, -0.05) is 17.7 Å². The van der Waals surface area contributed by atoms with E-state index in [4.69, 9.17) is 5.26 Å². The zero-order valence-corrected chi connectivity index (χ0v) is 14.5. The van der Waals surface area contributed by atoms with Crippen molar-refractivity contribution in [2.75, 3.05) is 17.2 Å². The van der Waals surface area contributed by atoms with Gasteiger partial charge in [-0.2, -0.15) is 10.2 Å². The lowest BCUT2D eigenvalue weighted by molar-refractivity contribution is 0.679. The van der Waals surface area contributed by atoms with E-state index in [1.54, 1.807) is 12.1 Å². The number of hydrogen-bond acceptors (Lipinski definition) is 5. The highest BCUT2D eigenvalue weighted by Crippen LogP contribution is 2.21. The molecule has 1 aliphatic rings. The van der Waals surface area contributed by atoms with Gasteiger partial charge in [0, 0.05) is 24.0 Å². The number of hydrogen-bond donors (Lipinski definition) is 2. The topological polar surface area (TPSA) is 73.6 Å². The molecule has 0 unspecified atom stereocenters. The van der Waals surface area contributed by atoms with Gasteiger partial charge in [0.05, 0.1) is 11.6 Å². The molecule has 0 fully saturated rings. The molecule has 25 heavy (non-hydrogen) atoms. The van der Waals surface area contributed by atoms with Crippen molar-refractivity contribution >= 4 is 17.5 Å². The van der Waals surface area contributed by atoms with Gasteiger partial charge in [-0.25, -0.2) is 4.98 Å². The van der Waals surface area contributed by atoms with Crippen molar-refractivity contribution in [3.05, 3.63) is 53.2 Å². The van der Waals surface area contributed by atoms with Crippen LogP contribution in [0, 0.1) is 18.3 Å². The minimum absolute atomic E-state index is 0.620. The van der Waals surface area contributed by atoms with E-state index in [0.29, 0.717) is 11.5 Å². The van der Waals surface area contributed by atoms with E-state index in [1.165, 1.54) is 31.3 Å². The largest absolute Gasteiger partial charge is 0.354 e. The molecule has 0 amide bonds. The maximum atomic E-state index is 9.00. The second-order valence-corrected chi connectivity index (χ2v) is 6.32.